The van der Waals surface area contributed by atoms with Crippen LogP contribution in [0.4, 0.5) is 4.79 Å². The summed E-state index contributed by atoms with van der Waals surface area (Å²) < 4.78 is 0. The highest BCUT2D eigenvalue weighted by Crippen LogP contribution is 2.28. The number of carbonyl (C=O) groups is 2. The first-order chi connectivity index (χ1) is 8.11. The lowest BCUT2D eigenvalue weighted by Crippen LogP contribution is -2.28. The van der Waals surface area contributed by atoms with E-state index in [0.717, 1.165) is 22.2 Å². The van der Waals surface area contributed by atoms with Crippen molar-refractivity contribution < 1.29 is 9.59 Å². The molecule has 0 bridgehead atoms. The van der Waals surface area contributed by atoms with Gasteiger partial charge in [0.05, 0.1) is 16.9 Å². The first kappa shape index (κ1) is 11.7. The van der Waals surface area contributed by atoms with Gasteiger partial charge in [0.25, 0.3) is 5.24 Å². The molecule has 5 heteroatoms. The minimum Gasteiger partial charge on any atom is -0.275 e. The molecule has 17 heavy (non-hydrogen) atoms. The van der Waals surface area contributed by atoms with Crippen molar-refractivity contribution in [1.29, 1.82) is 5.26 Å². The maximum Gasteiger partial charge on any atom is 0.288 e. The molecular weight excluding hydrogens is 236 g/mol. The zero-order chi connectivity index (χ0) is 12.4. The molecule has 4 nitrogen and oxygen atoms in total. The van der Waals surface area contributed by atoms with Crippen LogP contribution in [0.3, 0.4) is 0 Å². The van der Waals surface area contributed by atoms with Crippen LogP contribution in [0.15, 0.2) is 24.3 Å². The zero-order valence-electron chi connectivity index (χ0n) is 9.21. The summed E-state index contributed by atoms with van der Waals surface area (Å²) in [7, 11) is 1.50. The van der Waals surface area contributed by atoms with Crippen LogP contribution in [0.1, 0.15) is 11.1 Å². The minimum atomic E-state index is -0.333. The lowest BCUT2D eigenvalue weighted by molar-refractivity contribution is -0.125. The maximum atomic E-state index is 11.7. The molecule has 1 saturated heterocycles. The largest absolute Gasteiger partial charge is 0.288 e. The molecule has 1 aromatic carbocycles. The highest BCUT2D eigenvalue weighted by Gasteiger charge is 2.36. The second-order valence-corrected chi connectivity index (χ2v) is 4.94. The van der Waals surface area contributed by atoms with E-state index >= 15 is 0 Å². The standard InChI is InChI=1S/C12H10N2O2S/c1-14-11(15)10(17-12(14)16)6-8-2-4-9(7-13)5-3-8/h2-5,10H,6H2,1H3/t10-/m0/s1. The van der Waals surface area contributed by atoms with Gasteiger partial charge in [0.15, 0.2) is 0 Å². The number of benzene rings is 1. The summed E-state index contributed by atoms with van der Waals surface area (Å²) in [6.07, 6.45) is 0.519. The third kappa shape index (κ3) is 2.32. The van der Waals surface area contributed by atoms with E-state index < -0.39 is 0 Å². The van der Waals surface area contributed by atoms with Gasteiger partial charge in [-0.2, -0.15) is 5.26 Å². The van der Waals surface area contributed by atoms with Crippen LogP contribution in [0.2, 0.25) is 0 Å². The van der Waals surface area contributed by atoms with Crippen LogP contribution in [0.5, 0.6) is 0 Å². The predicted octanol–water partition coefficient (Wildman–Crippen LogP) is 1.79. The predicted molar refractivity (Wildman–Crippen MR) is 64.4 cm³/mol. The third-order valence-corrected chi connectivity index (χ3v) is 3.76. The second-order valence-electron chi connectivity index (χ2n) is 3.78. The molecule has 2 rings (SSSR count). The van der Waals surface area contributed by atoms with E-state index in [-0.39, 0.29) is 16.4 Å². The van der Waals surface area contributed by atoms with Crippen molar-refractivity contribution in [2.45, 2.75) is 11.7 Å². The van der Waals surface area contributed by atoms with Crippen LogP contribution < -0.4 is 0 Å². The molecule has 1 aliphatic heterocycles. The second kappa shape index (κ2) is 4.60. The van der Waals surface area contributed by atoms with Crippen molar-refractivity contribution in [2.75, 3.05) is 7.05 Å². The van der Waals surface area contributed by atoms with Gasteiger partial charge >= 0.3 is 0 Å². The van der Waals surface area contributed by atoms with Gasteiger partial charge in [-0.05, 0) is 24.1 Å². The summed E-state index contributed by atoms with van der Waals surface area (Å²) in [5.74, 6) is -0.149. The Kier molecular flexibility index (Phi) is 3.16. The van der Waals surface area contributed by atoms with Crippen LogP contribution in [-0.4, -0.2) is 28.3 Å². The smallest absolute Gasteiger partial charge is 0.275 e. The first-order valence-corrected chi connectivity index (χ1v) is 5.97. The molecule has 0 saturated carbocycles. The van der Waals surface area contributed by atoms with Crippen molar-refractivity contribution in [2.24, 2.45) is 0 Å². The van der Waals surface area contributed by atoms with E-state index in [1.165, 1.54) is 7.05 Å². The van der Waals surface area contributed by atoms with Crippen molar-refractivity contribution in [3.63, 3.8) is 0 Å². The van der Waals surface area contributed by atoms with Gasteiger partial charge in [0.1, 0.15) is 0 Å². The average molecular weight is 246 g/mol. The third-order valence-electron chi connectivity index (χ3n) is 2.63. The Hall–Kier alpha value is -1.80. The SMILES string of the molecule is CN1C(=O)S[C@@H](Cc2ccc(C#N)cc2)C1=O. The minimum absolute atomic E-state index is 0.149. The molecule has 0 N–H and O–H groups in total. The molecular formula is C12H10N2O2S. The molecule has 1 heterocycles. The Labute approximate surface area is 103 Å². The molecule has 1 aromatic rings. The Bertz CT molecular complexity index is 504. The van der Waals surface area contributed by atoms with Crippen molar-refractivity contribution in [1.82, 2.24) is 4.90 Å². The summed E-state index contributed by atoms with van der Waals surface area (Å²) in [6, 6.07) is 9.09. The molecule has 86 valence electrons. The van der Waals surface area contributed by atoms with Crippen LogP contribution in [0, 0.1) is 11.3 Å². The lowest BCUT2D eigenvalue weighted by atomic mass is 10.1. The van der Waals surface area contributed by atoms with Gasteiger partial charge in [-0.15, -0.1) is 0 Å². The topological polar surface area (TPSA) is 61.2 Å². The molecule has 1 atom stereocenters. The molecule has 0 spiro atoms. The molecule has 0 aromatic heterocycles. The highest BCUT2D eigenvalue weighted by molar-refractivity contribution is 8.15. The Balaban J connectivity index is 2.09. The zero-order valence-corrected chi connectivity index (χ0v) is 10.0. The number of nitriles is 1. The molecule has 0 radical (unpaired) electrons. The number of hydrogen-bond acceptors (Lipinski definition) is 4. The van der Waals surface area contributed by atoms with E-state index in [1.54, 1.807) is 12.1 Å². The lowest BCUT2D eigenvalue weighted by Gasteiger charge is -2.07. The average Bonchev–Trinajstić information content (AvgIpc) is 2.58. The van der Waals surface area contributed by atoms with Crippen molar-refractivity contribution in [3.8, 4) is 6.07 Å². The summed E-state index contributed by atoms with van der Waals surface area (Å²) in [5, 5.41) is 8.13. The summed E-state index contributed by atoms with van der Waals surface area (Å²) in [6.45, 7) is 0. The number of amides is 2. The Morgan fingerprint density at radius 1 is 1.35 bits per heavy atom. The van der Waals surface area contributed by atoms with Gasteiger partial charge in [-0.25, -0.2) is 0 Å². The van der Waals surface area contributed by atoms with Crippen LogP contribution in [0.25, 0.3) is 0 Å². The van der Waals surface area contributed by atoms with Gasteiger partial charge in [-0.1, -0.05) is 23.9 Å². The van der Waals surface area contributed by atoms with Crippen molar-refractivity contribution >= 4 is 22.9 Å². The quantitative estimate of drug-likeness (QED) is 0.798. The van der Waals surface area contributed by atoms with E-state index in [1.807, 2.05) is 18.2 Å². The van der Waals surface area contributed by atoms with Gasteiger partial charge < -0.3 is 0 Å². The number of hydrogen-bond donors (Lipinski definition) is 0. The molecule has 0 unspecified atom stereocenters. The normalized spacial score (nSPS) is 19.5. The van der Waals surface area contributed by atoms with E-state index in [4.69, 9.17) is 5.26 Å². The fraction of sp³-hybridized carbons (Fsp3) is 0.250. The van der Waals surface area contributed by atoms with E-state index in [9.17, 15) is 9.59 Å². The van der Waals surface area contributed by atoms with Crippen LogP contribution in [-0.2, 0) is 11.2 Å². The Morgan fingerprint density at radius 2 is 2.00 bits per heavy atom. The monoisotopic (exact) mass is 246 g/mol. The van der Waals surface area contributed by atoms with Crippen molar-refractivity contribution in [3.05, 3.63) is 35.4 Å². The fourth-order valence-corrected chi connectivity index (χ4v) is 2.64. The number of imide groups is 1. The molecule has 0 aliphatic carbocycles. The Morgan fingerprint density at radius 3 is 2.47 bits per heavy atom. The maximum absolute atomic E-state index is 11.7. The highest BCUT2D eigenvalue weighted by atomic mass is 32.2. The molecule has 2 amide bonds. The van der Waals surface area contributed by atoms with Gasteiger partial charge in [-0.3, -0.25) is 14.5 Å². The first-order valence-electron chi connectivity index (χ1n) is 5.09. The number of rotatable bonds is 2. The summed E-state index contributed by atoms with van der Waals surface area (Å²) in [4.78, 5) is 24.1. The van der Waals surface area contributed by atoms with Gasteiger partial charge in [0, 0.05) is 7.05 Å². The van der Waals surface area contributed by atoms with E-state index in [0.29, 0.717) is 12.0 Å². The van der Waals surface area contributed by atoms with Gasteiger partial charge in [0.2, 0.25) is 5.91 Å². The summed E-state index contributed by atoms with van der Waals surface area (Å²) in [5.41, 5.74) is 1.55. The number of carbonyl (C=O) groups excluding carboxylic acids is 2. The van der Waals surface area contributed by atoms with E-state index in [2.05, 4.69) is 0 Å². The number of nitrogens with zero attached hydrogens (tertiary/aromatic N) is 2. The fourth-order valence-electron chi connectivity index (χ4n) is 1.62. The number of thioether (sulfide) groups is 1. The summed E-state index contributed by atoms with van der Waals surface area (Å²) >= 11 is 1.06. The van der Waals surface area contributed by atoms with Crippen LogP contribution >= 0.6 is 11.8 Å². The molecule has 1 fully saturated rings. The molecule has 1 aliphatic rings.